The van der Waals surface area contributed by atoms with Crippen molar-refractivity contribution in [3.63, 3.8) is 0 Å². The third-order valence-corrected chi connectivity index (χ3v) is 5.12. The average Bonchev–Trinajstić information content (AvgIpc) is 3.07. The van der Waals surface area contributed by atoms with E-state index in [-0.39, 0.29) is 5.43 Å². The second kappa shape index (κ2) is 7.98. The molecule has 27 heavy (non-hydrogen) atoms. The van der Waals surface area contributed by atoms with Crippen LogP contribution in [0.15, 0.2) is 64.0 Å². The number of aromatic nitrogens is 2. The third kappa shape index (κ3) is 4.07. The first-order valence-electron chi connectivity index (χ1n) is 9.03. The molecule has 0 amide bonds. The Labute approximate surface area is 165 Å². The molecule has 2 heterocycles. The van der Waals surface area contributed by atoms with Crippen LogP contribution in [0.5, 0.6) is 0 Å². The van der Waals surface area contributed by atoms with Crippen molar-refractivity contribution in [2.45, 2.75) is 13.0 Å². The van der Waals surface area contributed by atoms with Crippen molar-refractivity contribution < 1.29 is 0 Å². The van der Waals surface area contributed by atoms with Gasteiger partial charge in [0, 0.05) is 46.1 Å². The number of H-pyrrole nitrogens is 2. The third-order valence-electron chi connectivity index (χ3n) is 4.63. The zero-order valence-corrected chi connectivity index (χ0v) is 16.4. The highest BCUT2D eigenvalue weighted by Crippen LogP contribution is 2.22. The van der Waals surface area contributed by atoms with Crippen LogP contribution < -0.4 is 16.1 Å². The Hall–Kier alpha value is -2.57. The topological polar surface area (TPSA) is 72.7 Å². The van der Waals surface area contributed by atoms with Gasteiger partial charge in [-0.25, -0.2) is 0 Å². The van der Waals surface area contributed by atoms with Crippen LogP contribution in [0.3, 0.4) is 0 Å². The van der Waals surface area contributed by atoms with Crippen LogP contribution in [0.2, 0.25) is 0 Å². The number of halogens is 1. The molecule has 2 aromatic heterocycles. The first-order chi connectivity index (χ1) is 13.2. The second-order valence-electron chi connectivity index (χ2n) is 6.55. The Balaban J connectivity index is 1.27. The first kappa shape index (κ1) is 17.8. The standard InChI is InChI=1S/C21H21BrN4O/c22-15-6-7-18-17(10-15)14(13-25-18)12-23-8-3-9-24-21-11-20(27)16-4-1-2-5-19(16)26-21/h1-2,4-7,10-11,13,23,25H,3,8-9,12H2,(H2,24,26,27). The van der Waals surface area contributed by atoms with E-state index in [9.17, 15) is 4.79 Å². The number of para-hydroxylation sites is 1. The average molecular weight is 425 g/mol. The summed E-state index contributed by atoms with van der Waals surface area (Å²) >= 11 is 3.53. The molecule has 0 fully saturated rings. The molecule has 4 N–H and O–H groups in total. The lowest BCUT2D eigenvalue weighted by Gasteiger charge is -2.08. The fraction of sp³-hybridized carbons (Fsp3) is 0.190. The number of hydrogen-bond donors (Lipinski definition) is 4. The largest absolute Gasteiger partial charge is 0.371 e. The molecule has 0 radical (unpaired) electrons. The zero-order valence-electron chi connectivity index (χ0n) is 14.8. The Bertz CT molecular complexity index is 1130. The van der Waals surface area contributed by atoms with Gasteiger partial charge in [0.25, 0.3) is 0 Å². The van der Waals surface area contributed by atoms with Gasteiger partial charge in [-0.3, -0.25) is 4.79 Å². The lowest BCUT2D eigenvalue weighted by Crippen LogP contribution is -2.18. The summed E-state index contributed by atoms with van der Waals surface area (Å²) in [6, 6.07) is 15.4. The van der Waals surface area contributed by atoms with Crippen molar-refractivity contribution in [1.29, 1.82) is 0 Å². The Morgan fingerprint density at radius 1 is 0.963 bits per heavy atom. The van der Waals surface area contributed by atoms with Crippen molar-refractivity contribution in [2.75, 3.05) is 18.4 Å². The van der Waals surface area contributed by atoms with E-state index in [0.717, 1.165) is 52.8 Å². The summed E-state index contributed by atoms with van der Waals surface area (Å²) in [5.74, 6) is 0.764. The summed E-state index contributed by atoms with van der Waals surface area (Å²) in [6.07, 6.45) is 3.02. The molecule has 4 aromatic rings. The van der Waals surface area contributed by atoms with Crippen molar-refractivity contribution in [3.05, 3.63) is 75.0 Å². The van der Waals surface area contributed by atoms with Gasteiger partial charge in [-0.2, -0.15) is 0 Å². The highest BCUT2D eigenvalue weighted by Gasteiger charge is 2.04. The number of anilines is 1. The van der Waals surface area contributed by atoms with Gasteiger partial charge < -0.3 is 20.6 Å². The maximum Gasteiger partial charge on any atom is 0.191 e. The van der Waals surface area contributed by atoms with E-state index in [1.807, 2.05) is 30.3 Å². The van der Waals surface area contributed by atoms with E-state index in [1.54, 1.807) is 6.07 Å². The molecule has 0 saturated carbocycles. The highest BCUT2D eigenvalue weighted by atomic mass is 79.9. The van der Waals surface area contributed by atoms with E-state index in [0.29, 0.717) is 0 Å². The number of nitrogens with one attached hydrogen (secondary N) is 4. The van der Waals surface area contributed by atoms with E-state index >= 15 is 0 Å². The molecule has 0 saturated heterocycles. The minimum Gasteiger partial charge on any atom is -0.371 e. The van der Waals surface area contributed by atoms with E-state index in [4.69, 9.17) is 0 Å². The fourth-order valence-electron chi connectivity index (χ4n) is 3.25. The smallest absolute Gasteiger partial charge is 0.191 e. The SMILES string of the molecule is O=c1cc(NCCCNCc2c[nH]c3ccc(Br)cc23)[nH]c2ccccc12. The molecule has 0 aliphatic carbocycles. The lowest BCUT2D eigenvalue weighted by molar-refractivity contribution is 0.665. The van der Waals surface area contributed by atoms with E-state index in [2.05, 4.69) is 54.9 Å². The summed E-state index contributed by atoms with van der Waals surface area (Å²) in [6.45, 7) is 2.51. The molecule has 0 aliphatic heterocycles. The molecule has 0 spiro atoms. The van der Waals surface area contributed by atoms with Gasteiger partial charge in [0.2, 0.25) is 0 Å². The predicted molar refractivity (Wildman–Crippen MR) is 115 cm³/mol. The molecule has 0 atom stereocenters. The van der Waals surface area contributed by atoms with Gasteiger partial charge in [0.15, 0.2) is 5.43 Å². The summed E-state index contributed by atoms with van der Waals surface area (Å²) in [5, 5.41) is 8.74. The number of fused-ring (bicyclic) bond motifs is 2. The number of hydrogen-bond acceptors (Lipinski definition) is 3. The minimum absolute atomic E-state index is 0.0375. The van der Waals surface area contributed by atoms with Crippen molar-refractivity contribution >= 4 is 43.6 Å². The Morgan fingerprint density at radius 3 is 2.78 bits per heavy atom. The number of pyridine rings is 1. The number of aromatic amines is 2. The molecule has 6 heteroatoms. The Morgan fingerprint density at radius 2 is 1.85 bits per heavy atom. The molecule has 138 valence electrons. The fourth-order valence-corrected chi connectivity index (χ4v) is 3.61. The van der Waals surface area contributed by atoms with Gasteiger partial charge in [0.1, 0.15) is 5.82 Å². The maximum atomic E-state index is 12.1. The summed E-state index contributed by atoms with van der Waals surface area (Å²) in [7, 11) is 0. The molecule has 0 aliphatic rings. The zero-order chi connectivity index (χ0) is 18.6. The molecule has 5 nitrogen and oxygen atoms in total. The minimum atomic E-state index is 0.0375. The van der Waals surface area contributed by atoms with Crippen LogP contribution in [0.25, 0.3) is 21.8 Å². The van der Waals surface area contributed by atoms with Gasteiger partial charge in [0.05, 0.1) is 5.52 Å². The number of benzene rings is 2. The van der Waals surface area contributed by atoms with Gasteiger partial charge in [-0.05, 0) is 48.9 Å². The van der Waals surface area contributed by atoms with Crippen LogP contribution in [-0.2, 0) is 6.54 Å². The molecular weight excluding hydrogens is 404 g/mol. The molecule has 0 bridgehead atoms. The first-order valence-corrected chi connectivity index (χ1v) is 9.82. The van der Waals surface area contributed by atoms with Crippen molar-refractivity contribution in [1.82, 2.24) is 15.3 Å². The van der Waals surface area contributed by atoms with Crippen LogP contribution >= 0.6 is 15.9 Å². The van der Waals surface area contributed by atoms with E-state index < -0.39 is 0 Å². The van der Waals surface area contributed by atoms with Crippen LogP contribution in [-0.4, -0.2) is 23.1 Å². The maximum absolute atomic E-state index is 12.1. The molecule has 0 unspecified atom stereocenters. The monoisotopic (exact) mass is 424 g/mol. The quantitative estimate of drug-likeness (QED) is 0.333. The molecule has 2 aromatic carbocycles. The second-order valence-corrected chi connectivity index (χ2v) is 7.47. The lowest BCUT2D eigenvalue weighted by atomic mass is 10.2. The molecule has 4 rings (SSSR count). The Kier molecular flexibility index (Phi) is 5.27. The summed E-state index contributed by atoms with van der Waals surface area (Å²) < 4.78 is 1.09. The summed E-state index contributed by atoms with van der Waals surface area (Å²) in [5.41, 5.74) is 3.31. The van der Waals surface area contributed by atoms with Crippen molar-refractivity contribution in [2.24, 2.45) is 0 Å². The normalized spacial score (nSPS) is 11.3. The molecular formula is C21H21BrN4O. The van der Waals surface area contributed by atoms with Gasteiger partial charge >= 0.3 is 0 Å². The van der Waals surface area contributed by atoms with Gasteiger partial charge in [-0.1, -0.05) is 28.1 Å². The van der Waals surface area contributed by atoms with Crippen LogP contribution in [0.1, 0.15) is 12.0 Å². The predicted octanol–water partition coefficient (Wildman–Crippen LogP) is 4.36. The highest BCUT2D eigenvalue weighted by molar-refractivity contribution is 9.10. The number of rotatable bonds is 7. The van der Waals surface area contributed by atoms with E-state index in [1.165, 1.54) is 10.9 Å². The van der Waals surface area contributed by atoms with Crippen molar-refractivity contribution in [3.8, 4) is 0 Å². The van der Waals surface area contributed by atoms with Crippen LogP contribution in [0, 0.1) is 0 Å². The summed E-state index contributed by atoms with van der Waals surface area (Å²) in [4.78, 5) is 18.7. The van der Waals surface area contributed by atoms with Gasteiger partial charge in [-0.15, -0.1) is 0 Å². The van der Waals surface area contributed by atoms with Crippen LogP contribution in [0.4, 0.5) is 5.82 Å².